The minimum atomic E-state index is -3.67. The van der Waals surface area contributed by atoms with Crippen molar-refractivity contribution in [1.29, 1.82) is 0 Å². The molecule has 0 atom stereocenters. The van der Waals surface area contributed by atoms with E-state index in [4.69, 9.17) is 14.2 Å². The number of hydrogen-bond acceptors (Lipinski definition) is 6. The summed E-state index contributed by atoms with van der Waals surface area (Å²) in [6.45, 7) is 3.82. The van der Waals surface area contributed by atoms with Gasteiger partial charge in [0.05, 0.1) is 24.0 Å². The molecule has 7 nitrogen and oxygen atoms in total. The van der Waals surface area contributed by atoms with Crippen molar-refractivity contribution < 1.29 is 27.4 Å². The van der Waals surface area contributed by atoms with Gasteiger partial charge in [-0.25, -0.2) is 8.42 Å². The van der Waals surface area contributed by atoms with Gasteiger partial charge >= 0.3 is 5.97 Å². The number of hydrogen-bond donors (Lipinski definition) is 0. The van der Waals surface area contributed by atoms with Crippen LogP contribution in [0.15, 0.2) is 47.4 Å². The fourth-order valence-corrected chi connectivity index (χ4v) is 5.34. The third kappa shape index (κ3) is 5.02. The van der Waals surface area contributed by atoms with E-state index in [-0.39, 0.29) is 36.5 Å². The number of ether oxygens (including phenoxy) is 3. The number of sulfonamides is 1. The summed E-state index contributed by atoms with van der Waals surface area (Å²) in [5.41, 5.74) is 2.06. The van der Waals surface area contributed by atoms with Gasteiger partial charge in [-0.15, -0.1) is 0 Å². The third-order valence-electron chi connectivity index (χ3n) is 5.61. The Morgan fingerprint density at radius 2 is 1.81 bits per heavy atom. The number of aryl methyl sites for hydroxylation is 1. The summed E-state index contributed by atoms with van der Waals surface area (Å²) in [7, 11) is -3.67. The average molecular weight is 446 g/mol. The van der Waals surface area contributed by atoms with Gasteiger partial charge in [0.15, 0.2) is 11.5 Å². The van der Waals surface area contributed by atoms with Gasteiger partial charge in [-0.1, -0.05) is 29.8 Å². The van der Waals surface area contributed by atoms with E-state index in [2.05, 4.69) is 0 Å². The first-order valence-electron chi connectivity index (χ1n) is 10.6. The Hall–Kier alpha value is -2.58. The van der Waals surface area contributed by atoms with Crippen molar-refractivity contribution in [1.82, 2.24) is 4.31 Å². The van der Waals surface area contributed by atoms with E-state index >= 15 is 0 Å². The molecule has 0 N–H and O–H groups in total. The van der Waals surface area contributed by atoms with E-state index in [0.29, 0.717) is 37.6 Å². The summed E-state index contributed by atoms with van der Waals surface area (Å²) in [6.07, 6.45) is 1.64. The molecule has 2 aromatic rings. The molecule has 2 aromatic carbocycles. The fourth-order valence-electron chi connectivity index (χ4n) is 3.86. The van der Waals surface area contributed by atoms with E-state index in [1.807, 2.05) is 31.2 Å². The van der Waals surface area contributed by atoms with Crippen molar-refractivity contribution in [3.63, 3.8) is 0 Å². The van der Waals surface area contributed by atoms with Crippen LogP contribution in [0.25, 0.3) is 0 Å². The van der Waals surface area contributed by atoms with Crippen molar-refractivity contribution in [2.45, 2.75) is 37.7 Å². The Bertz CT molecular complexity index is 1040. The predicted molar refractivity (Wildman–Crippen MR) is 115 cm³/mol. The van der Waals surface area contributed by atoms with Crippen molar-refractivity contribution in [2.24, 2.45) is 5.92 Å². The number of nitrogens with zero attached hydrogens (tertiary/aromatic N) is 1. The Balaban J connectivity index is 1.35. The molecule has 0 amide bonds. The molecule has 2 heterocycles. The molecule has 1 fully saturated rings. The van der Waals surface area contributed by atoms with Gasteiger partial charge in [0.25, 0.3) is 0 Å². The minimum Gasteiger partial charge on any atom is -0.490 e. The zero-order valence-corrected chi connectivity index (χ0v) is 18.4. The van der Waals surface area contributed by atoms with E-state index in [9.17, 15) is 13.2 Å². The number of carbonyl (C=O) groups is 1. The first kappa shape index (κ1) is 21.6. The third-order valence-corrected chi connectivity index (χ3v) is 7.50. The van der Waals surface area contributed by atoms with Crippen LogP contribution in [0.5, 0.6) is 11.5 Å². The van der Waals surface area contributed by atoms with Crippen LogP contribution < -0.4 is 9.47 Å². The quantitative estimate of drug-likeness (QED) is 0.657. The minimum absolute atomic E-state index is 0.178. The number of benzene rings is 2. The molecule has 0 radical (unpaired) electrons. The van der Waals surface area contributed by atoms with Crippen LogP contribution in [0.4, 0.5) is 0 Å². The molecule has 0 aliphatic carbocycles. The molecule has 2 aliphatic heterocycles. The smallest absolute Gasteiger partial charge is 0.309 e. The number of esters is 1. The summed E-state index contributed by atoms with van der Waals surface area (Å²) >= 11 is 0. The highest BCUT2D eigenvalue weighted by molar-refractivity contribution is 7.89. The molecule has 0 spiro atoms. The molecule has 2 aliphatic rings. The lowest BCUT2D eigenvalue weighted by molar-refractivity contribution is -0.151. The summed E-state index contributed by atoms with van der Waals surface area (Å²) in [4.78, 5) is 12.6. The highest BCUT2D eigenvalue weighted by atomic mass is 32.2. The first-order chi connectivity index (χ1) is 14.9. The predicted octanol–water partition coefficient (Wildman–Crippen LogP) is 3.30. The summed E-state index contributed by atoms with van der Waals surface area (Å²) in [5.74, 6) is 0.453. The van der Waals surface area contributed by atoms with Crippen LogP contribution in [-0.2, 0) is 26.2 Å². The van der Waals surface area contributed by atoms with Gasteiger partial charge in [-0.05, 0) is 37.5 Å². The van der Waals surface area contributed by atoms with Crippen molar-refractivity contribution in [3.8, 4) is 11.5 Å². The van der Waals surface area contributed by atoms with E-state index in [1.165, 1.54) is 10.4 Å². The van der Waals surface area contributed by atoms with E-state index in [0.717, 1.165) is 17.5 Å². The van der Waals surface area contributed by atoms with Crippen LogP contribution in [0, 0.1) is 12.8 Å². The fraction of sp³-hybridized carbons (Fsp3) is 0.435. The van der Waals surface area contributed by atoms with Gasteiger partial charge in [0.2, 0.25) is 10.0 Å². The Kier molecular flexibility index (Phi) is 6.48. The molecule has 0 saturated carbocycles. The van der Waals surface area contributed by atoms with Gasteiger partial charge in [0.1, 0.15) is 6.61 Å². The molecule has 31 heavy (non-hydrogen) atoms. The Morgan fingerprint density at radius 1 is 1.06 bits per heavy atom. The van der Waals surface area contributed by atoms with Crippen molar-refractivity contribution in [2.75, 3.05) is 26.3 Å². The SMILES string of the molecule is Cc1cccc(COC(=O)C2CCN(S(=O)(=O)c3ccc4c(c3)OCCCO4)CC2)c1. The van der Waals surface area contributed by atoms with E-state index in [1.54, 1.807) is 12.1 Å². The van der Waals surface area contributed by atoms with Crippen molar-refractivity contribution >= 4 is 16.0 Å². The summed E-state index contributed by atoms with van der Waals surface area (Å²) in [6, 6.07) is 12.5. The van der Waals surface area contributed by atoms with Gasteiger partial charge in [0, 0.05) is 25.6 Å². The second-order valence-electron chi connectivity index (χ2n) is 7.93. The molecule has 1 saturated heterocycles. The van der Waals surface area contributed by atoms with Crippen LogP contribution in [0.2, 0.25) is 0 Å². The van der Waals surface area contributed by atoms with Crippen molar-refractivity contribution in [3.05, 3.63) is 53.6 Å². The molecule has 8 heteroatoms. The molecule has 0 bridgehead atoms. The van der Waals surface area contributed by atoms with Crippen LogP contribution in [-0.4, -0.2) is 45.0 Å². The summed E-state index contributed by atoms with van der Waals surface area (Å²) < 4.78 is 44.3. The molecular formula is C23H27NO6S. The average Bonchev–Trinajstić information content (AvgIpc) is 3.02. The molecule has 166 valence electrons. The molecule has 0 aromatic heterocycles. The molecule has 0 unspecified atom stereocenters. The highest BCUT2D eigenvalue weighted by Crippen LogP contribution is 2.34. The molecular weight excluding hydrogens is 418 g/mol. The lowest BCUT2D eigenvalue weighted by atomic mass is 9.98. The monoisotopic (exact) mass is 445 g/mol. The Morgan fingerprint density at radius 3 is 2.55 bits per heavy atom. The maximum absolute atomic E-state index is 13.1. The number of fused-ring (bicyclic) bond motifs is 1. The number of rotatable bonds is 5. The molecule has 4 rings (SSSR count). The largest absolute Gasteiger partial charge is 0.490 e. The van der Waals surface area contributed by atoms with Gasteiger partial charge in [-0.3, -0.25) is 4.79 Å². The standard InChI is InChI=1S/C23H27NO6S/c1-17-4-2-5-18(14-17)16-30-23(25)19-8-10-24(11-9-19)31(26,27)20-6-7-21-22(15-20)29-13-3-12-28-21/h2,4-7,14-15,19H,3,8-13,16H2,1H3. The zero-order valence-electron chi connectivity index (χ0n) is 17.6. The van der Waals surface area contributed by atoms with Crippen LogP contribution in [0.3, 0.4) is 0 Å². The second-order valence-corrected chi connectivity index (χ2v) is 9.87. The van der Waals surface area contributed by atoms with Crippen LogP contribution in [0.1, 0.15) is 30.4 Å². The van der Waals surface area contributed by atoms with Crippen LogP contribution >= 0.6 is 0 Å². The lowest BCUT2D eigenvalue weighted by Crippen LogP contribution is -2.40. The normalized spacial score (nSPS) is 17.7. The number of carbonyl (C=O) groups excluding carboxylic acids is 1. The lowest BCUT2D eigenvalue weighted by Gasteiger charge is -2.30. The highest BCUT2D eigenvalue weighted by Gasteiger charge is 2.33. The van der Waals surface area contributed by atoms with E-state index < -0.39 is 10.0 Å². The maximum Gasteiger partial charge on any atom is 0.309 e. The second kappa shape index (κ2) is 9.28. The first-order valence-corrected chi connectivity index (χ1v) is 12.0. The zero-order chi connectivity index (χ0) is 21.8. The Labute approximate surface area is 183 Å². The maximum atomic E-state index is 13.1. The van der Waals surface area contributed by atoms with Gasteiger partial charge < -0.3 is 14.2 Å². The topological polar surface area (TPSA) is 82.1 Å². The van der Waals surface area contributed by atoms with Gasteiger partial charge in [-0.2, -0.15) is 4.31 Å². The number of piperidine rings is 1. The summed E-state index contributed by atoms with van der Waals surface area (Å²) in [5, 5.41) is 0.